The normalized spacial score (nSPS) is 39.9. The van der Waals surface area contributed by atoms with Gasteiger partial charge in [-0.15, -0.1) is 5.92 Å². The van der Waals surface area contributed by atoms with Crippen molar-refractivity contribution in [1.82, 2.24) is 5.32 Å². The number of nitrogens with two attached hydrogens (primary N) is 1. The molecule has 3 heterocycles. The van der Waals surface area contributed by atoms with Crippen LogP contribution in [0.15, 0.2) is 107 Å². The van der Waals surface area contributed by atoms with Crippen LogP contribution in [0.25, 0.3) is 10.8 Å². The van der Waals surface area contributed by atoms with Crippen LogP contribution in [0, 0.1) is 64.1 Å². The molecule has 15 unspecified atom stereocenters. The van der Waals surface area contributed by atoms with Crippen LogP contribution >= 0.6 is 0 Å². The number of hydrogen-bond acceptors (Lipinski definition) is 8. The van der Waals surface area contributed by atoms with Gasteiger partial charge in [-0.05, 0) is 179 Å². The lowest BCUT2D eigenvalue weighted by Gasteiger charge is -2.59. The highest BCUT2D eigenvalue weighted by atomic mass is 16.6. The van der Waals surface area contributed by atoms with E-state index < -0.39 is 5.60 Å². The summed E-state index contributed by atoms with van der Waals surface area (Å²) in [6.45, 7) is 10.5. The number of epoxide rings is 1. The molecule has 0 bridgehead atoms. The first-order valence-corrected chi connectivity index (χ1v) is 26.9. The number of rotatable bonds is 10. The van der Waals surface area contributed by atoms with Crippen molar-refractivity contribution in [2.45, 2.75) is 165 Å². The van der Waals surface area contributed by atoms with Gasteiger partial charge in [0.15, 0.2) is 5.96 Å². The van der Waals surface area contributed by atoms with Crippen LogP contribution in [0.3, 0.4) is 0 Å². The van der Waals surface area contributed by atoms with Crippen LogP contribution in [0.1, 0.15) is 139 Å². The average molecular weight is 932 g/mol. The quantitative estimate of drug-likeness (QED) is 0.0607. The van der Waals surface area contributed by atoms with Crippen molar-refractivity contribution >= 4 is 16.7 Å². The van der Waals surface area contributed by atoms with E-state index in [4.69, 9.17) is 26.5 Å². The van der Waals surface area contributed by atoms with Gasteiger partial charge in [0.05, 0.1) is 42.5 Å². The van der Waals surface area contributed by atoms with E-state index in [1.165, 1.54) is 47.9 Å². The first kappa shape index (κ1) is 46.8. The summed E-state index contributed by atoms with van der Waals surface area (Å²) in [7, 11) is 0. The second kappa shape index (κ2) is 18.6. The Morgan fingerprint density at radius 1 is 0.870 bits per heavy atom. The number of furan rings is 1. The van der Waals surface area contributed by atoms with Gasteiger partial charge in [-0.25, -0.2) is 0 Å². The molecule has 1 spiro atoms. The van der Waals surface area contributed by atoms with E-state index in [0.717, 1.165) is 87.8 Å². The van der Waals surface area contributed by atoms with Gasteiger partial charge in [0.1, 0.15) is 5.75 Å². The summed E-state index contributed by atoms with van der Waals surface area (Å²) in [5, 5.41) is 38.1. The van der Waals surface area contributed by atoms with Gasteiger partial charge in [0, 0.05) is 46.9 Å². The fourth-order valence-corrected chi connectivity index (χ4v) is 16.2. The highest BCUT2D eigenvalue weighted by Crippen LogP contribution is 2.70. The van der Waals surface area contributed by atoms with Crippen molar-refractivity contribution in [1.29, 1.82) is 0 Å². The summed E-state index contributed by atoms with van der Waals surface area (Å²) < 4.78 is 12.6. The molecule has 6 N–H and O–H groups in total. The number of nitrogens with one attached hydrogen (secondary N) is 1. The third-order valence-corrected chi connectivity index (χ3v) is 19.8. The minimum absolute atomic E-state index is 0.0372. The monoisotopic (exact) mass is 932 g/mol. The van der Waals surface area contributed by atoms with Gasteiger partial charge in [0.2, 0.25) is 0 Å². The molecular formula is C61H77N3O5. The SMILES string of the molecule is C=C1CC2(CCC(CCC3(O)CCCC(O)C3)C2)C2OC2(C)CCC2C1CC2(C)C1CC(C2CC#CC(Cc3ccccc3)C(c3cccc4cocc34)CN=C(N)N2)CC1Cc1ccc(O)cc1. The molecule has 11 rings (SSSR count). The van der Waals surface area contributed by atoms with Crippen molar-refractivity contribution in [2.75, 3.05) is 6.54 Å². The third-order valence-electron chi connectivity index (χ3n) is 19.8. The largest absolute Gasteiger partial charge is 0.508 e. The molecule has 366 valence electrons. The maximum absolute atomic E-state index is 11.4. The molecule has 6 fully saturated rings. The molecule has 69 heavy (non-hydrogen) atoms. The van der Waals surface area contributed by atoms with E-state index >= 15 is 0 Å². The summed E-state index contributed by atoms with van der Waals surface area (Å²) in [6, 6.07) is 25.2. The van der Waals surface area contributed by atoms with Gasteiger partial charge < -0.3 is 35.5 Å². The number of aliphatic hydroxyl groups is 2. The Hall–Kier alpha value is -4.55. The summed E-state index contributed by atoms with van der Waals surface area (Å²) in [5.74, 6) is 11.6. The van der Waals surface area contributed by atoms with Crippen molar-refractivity contribution in [3.63, 3.8) is 0 Å². The van der Waals surface area contributed by atoms with E-state index in [1.54, 1.807) is 0 Å². The predicted octanol–water partition coefficient (Wildman–Crippen LogP) is 11.4. The fraction of sp³-hybridized carbons (Fsp3) is 0.590. The molecule has 15 atom stereocenters. The van der Waals surface area contributed by atoms with Crippen molar-refractivity contribution in [3.8, 4) is 17.6 Å². The van der Waals surface area contributed by atoms with Crippen molar-refractivity contribution < 1.29 is 24.5 Å². The molecule has 3 aromatic carbocycles. The lowest BCUT2D eigenvalue weighted by atomic mass is 9.45. The third kappa shape index (κ3) is 9.31. The zero-order chi connectivity index (χ0) is 47.5. The van der Waals surface area contributed by atoms with Crippen LogP contribution in [-0.2, 0) is 17.6 Å². The maximum atomic E-state index is 11.4. The van der Waals surface area contributed by atoms with Gasteiger partial charge in [0.25, 0.3) is 0 Å². The van der Waals surface area contributed by atoms with E-state index in [2.05, 4.69) is 91.7 Å². The molecule has 1 aromatic heterocycles. The second-order valence-corrected chi connectivity index (χ2v) is 24.2. The van der Waals surface area contributed by atoms with Gasteiger partial charge in [-0.1, -0.05) is 85.7 Å². The van der Waals surface area contributed by atoms with Crippen LogP contribution in [-0.4, -0.2) is 57.3 Å². The van der Waals surface area contributed by atoms with Crippen LogP contribution < -0.4 is 11.1 Å². The number of aromatic hydroxyl groups is 1. The number of phenolic OH excluding ortho intramolecular Hbond substituents is 1. The molecule has 4 aromatic rings. The molecule has 8 nitrogen and oxygen atoms in total. The van der Waals surface area contributed by atoms with Crippen molar-refractivity contribution in [2.24, 2.45) is 63.0 Å². The molecule has 5 saturated carbocycles. The van der Waals surface area contributed by atoms with Gasteiger partial charge in [-0.3, -0.25) is 4.99 Å². The number of aliphatic hydroxyl groups excluding tert-OH is 1. The van der Waals surface area contributed by atoms with E-state index in [-0.39, 0.29) is 46.5 Å². The molecular weight excluding hydrogens is 855 g/mol. The summed E-state index contributed by atoms with van der Waals surface area (Å²) in [5.41, 5.74) is 11.6. The number of benzene rings is 3. The molecule has 0 amide bonds. The molecule has 5 aliphatic carbocycles. The Labute approximate surface area is 411 Å². The highest BCUT2D eigenvalue weighted by Gasteiger charge is 2.67. The smallest absolute Gasteiger partial charge is 0.188 e. The topological polar surface area (TPSA) is 137 Å². The summed E-state index contributed by atoms with van der Waals surface area (Å²) >= 11 is 0. The lowest BCUT2D eigenvalue weighted by Crippen LogP contribution is -2.52. The van der Waals surface area contributed by atoms with E-state index in [1.807, 2.05) is 24.7 Å². The van der Waals surface area contributed by atoms with E-state index in [9.17, 15) is 15.3 Å². The number of aliphatic imine (C=N–C) groups is 1. The maximum Gasteiger partial charge on any atom is 0.188 e. The predicted molar refractivity (Wildman–Crippen MR) is 274 cm³/mol. The standard InChI is InChI=1S/C61H77N3O5/c1-39-32-60(26-21-42(33-60)22-27-61(67)24-9-14-48(66)34-61)56-59(3,69-56)25-23-53-50(39)35-58(53,2)54-31-46(30-45(54)29-41-17-19-47(65)20-18-41)55-16-8-12-43(28-40-10-5-4-6-11-40)51(36-63-57(62)64-55)49-15-7-13-44-37-68-38-52(44)49/h4-7,10-11,13,15,17-20,37-38,42-43,45-46,48,50-51,53-56,65-67H,1,9,14,16,21-36H2,2-3H3,(H3,62,63,64). The minimum Gasteiger partial charge on any atom is -0.508 e. The molecule has 8 heteroatoms. The summed E-state index contributed by atoms with van der Waals surface area (Å²) in [6.07, 6.45) is 21.3. The molecule has 2 aliphatic heterocycles. The Bertz CT molecular complexity index is 2580. The van der Waals surface area contributed by atoms with E-state index in [0.29, 0.717) is 66.6 Å². The second-order valence-electron chi connectivity index (χ2n) is 24.2. The number of guanidine groups is 1. The first-order chi connectivity index (χ1) is 33.3. The van der Waals surface area contributed by atoms with Crippen LogP contribution in [0.2, 0.25) is 0 Å². The summed E-state index contributed by atoms with van der Waals surface area (Å²) in [4.78, 5) is 5.14. The Kier molecular flexibility index (Phi) is 12.6. The zero-order valence-corrected chi connectivity index (χ0v) is 41.3. The minimum atomic E-state index is -0.715. The van der Waals surface area contributed by atoms with Gasteiger partial charge >= 0.3 is 0 Å². The average Bonchev–Trinajstić information content (AvgIpc) is 3.72. The number of fused-ring (bicyclic) bond motifs is 4. The van der Waals surface area contributed by atoms with Crippen LogP contribution in [0.5, 0.6) is 5.75 Å². The zero-order valence-electron chi connectivity index (χ0n) is 41.3. The molecule has 7 aliphatic rings. The Balaban J connectivity index is 0.840. The molecule has 0 radical (unpaired) electrons. The van der Waals surface area contributed by atoms with Crippen LogP contribution in [0.4, 0.5) is 0 Å². The Morgan fingerprint density at radius 2 is 1.70 bits per heavy atom. The number of ether oxygens (including phenoxy) is 1. The fourth-order valence-electron chi connectivity index (χ4n) is 16.2. The molecule has 1 saturated heterocycles. The number of hydrogen-bond donors (Lipinski definition) is 5. The lowest BCUT2D eigenvalue weighted by molar-refractivity contribution is -0.0831. The van der Waals surface area contributed by atoms with Crippen molar-refractivity contribution in [3.05, 3.63) is 114 Å². The van der Waals surface area contributed by atoms with Gasteiger partial charge in [-0.2, -0.15) is 0 Å². The number of nitrogens with zero attached hydrogens (tertiary/aromatic N) is 1. The number of phenols is 1. The number of allylic oxidation sites excluding steroid dienone is 1. The highest BCUT2D eigenvalue weighted by molar-refractivity contribution is 5.85. The first-order valence-electron chi connectivity index (χ1n) is 26.9. The Morgan fingerprint density at radius 3 is 2.52 bits per heavy atom.